The molecule has 1 aliphatic heterocycles. The first-order chi connectivity index (χ1) is 17.5. The molecule has 9 nitrogen and oxygen atoms in total. The molecule has 36 heavy (non-hydrogen) atoms. The lowest BCUT2D eigenvalue weighted by Crippen LogP contribution is -2.44. The first kappa shape index (κ1) is 23.3. The van der Waals surface area contributed by atoms with E-state index in [0.29, 0.717) is 23.0 Å². The number of hydrogen-bond acceptors (Lipinski definition) is 6. The molecule has 3 heterocycles. The van der Waals surface area contributed by atoms with Gasteiger partial charge in [0.25, 0.3) is 0 Å². The van der Waals surface area contributed by atoms with E-state index in [1.54, 1.807) is 30.6 Å². The number of nitrogens with zero attached hydrogens (tertiary/aromatic N) is 4. The number of ether oxygens (including phenoxy) is 1. The quantitative estimate of drug-likeness (QED) is 0.362. The summed E-state index contributed by atoms with van der Waals surface area (Å²) in [6.07, 6.45) is 3.39. The van der Waals surface area contributed by atoms with Gasteiger partial charge in [-0.05, 0) is 43.4 Å². The highest BCUT2D eigenvalue weighted by molar-refractivity contribution is 6.00. The van der Waals surface area contributed by atoms with Crippen LogP contribution in [0, 0.1) is 5.82 Å². The fraction of sp³-hybridized carbons (Fsp3) is 0.192. The first-order valence-corrected chi connectivity index (χ1v) is 11.6. The topological polar surface area (TPSA) is 98.4 Å². The molecule has 0 atom stereocenters. The average Bonchev–Trinajstić information content (AvgIpc) is 3.42. The molecule has 4 aromatic rings. The summed E-state index contributed by atoms with van der Waals surface area (Å²) in [5, 5.41) is 12.0. The second kappa shape index (κ2) is 10.4. The fourth-order valence-corrected chi connectivity index (χ4v) is 3.94. The number of amides is 2. The van der Waals surface area contributed by atoms with Crippen LogP contribution >= 0.6 is 0 Å². The molecule has 2 aromatic heterocycles. The minimum absolute atomic E-state index is 0.00814. The molecule has 1 aliphatic rings. The molecule has 0 aliphatic carbocycles. The van der Waals surface area contributed by atoms with Crippen LogP contribution in [0.5, 0.6) is 11.6 Å². The van der Waals surface area contributed by atoms with Crippen LogP contribution in [0.25, 0.3) is 11.3 Å². The zero-order chi connectivity index (χ0) is 24.9. The van der Waals surface area contributed by atoms with Crippen molar-refractivity contribution in [2.45, 2.75) is 0 Å². The van der Waals surface area contributed by atoms with Crippen molar-refractivity contribution >= 4 is 23.1 Å². The summed E-state index contributed by atoms with van der Waals surface area (Å²) < 4.78 is 20.3. The van der Waals surface area contributed by atoms with E-state index in [9.17, 15) is 9.18 Å². The van der Waals surface area contributed by atoms with Crippen molar-refractivity contribution in [3.8, 4) is 22.9 Å². The van der Waals surface area contributed by atoms with Gasteiger partial charge in [-0.15, -0.1) is 0 Å². The van der Waals surface area contributed by atoms with Crippen LogP contribution in [0.15, 0.2) is 73.1 Å². The van der Waals surface area contributed by atoms with E-state index < -0.39 is 11.8 Å². The van der Waals surface area contributed by atoms with Gasteiger partial charge in [0.15, 0.2) is 0 Å². The predicted molar refractivity (Wildman–Crippen MR) is 137 cm³/mol. The third-order valence-corrected chi connectivity index (χ3v) is 5.90. The molecule has 3 N–H and O–H groups in total. The molecule has 10 heteroatoms. The van der Waals surface area contributed by atoms with Crippen LogP contribution in [0.4, 0.5) is 26.2 Å². The van der Waals surface area contributed by atoms with Crippen LogP contribution in [0.1, 0.15) is 0 Å². The van der Waals surface area contributed by atoms with Crippen LogP contribution in [0.3, 0.4) is 0 Å². The number of urea groups is 1. The van der Waals surface area contributed by atoms with Crippen molar-refractivity contribution in [3.05, 3.63) is 78.9 Å². The van der Waals surface area contributed by atoms with Crippen molar-refractivity contribution in [2.24, 2.45) is 0 Å². The maximum atomic E-state index is 14.5. The highest BCUT2D eigenvalue weighted by Gasteiger charge is 2.15. The molecule has 2 amide bonds. The minimum Gasteiger partial charge on any atom is -0.439 e. The van der Waals surface area contributed by atoms with Gasteiger partial charge in [-0.1, -0.05) is 12.1 Å². The molecule has 0 unspecified atom stereocenters. The summed E-state index contributed by atoms with van der Waals surface area (Å²) in [6.45, 7) is 3.81. The van der Waals surface area contributed by atoms with Crippen LogP contribution in [0.2, 0.25) is 0 Å². The van der Waals surface area contributed by atoms with Gasteiger partial charge >= 0.3 is 6.03 Å². The molecular weight excluding hydrogens is 461 g/mol. The third kappa shape index (κ3) is 5.61. The second-order valence-electron chi connectivity index (χ2n) is 8.51. The zero-order valence-electron chi connectivity index (χ0n) is 19.7. The Balaban J connectivity index is 1.24. The number of pyridine rings is 1. The highest BCUT2D eigenvalue weighted by Crippen LogP contribution is 2.27. The summed E-state index contributed by atoms with van der Waals surface area (Å²) in [6, 6.07) is 16.5. The van der Waals surface area contributed by atoms with E-state index in [2.05, 4.69) is 42.7 Å². The molecule has 5 rings (SSSR count). The molecule has 1 saturated heterocycles. The van der Waals surface area contributed by atoms with Gasteiger partial charge in [-0.2, -0.15) is 5.10 Å². The maximum Gasteiger partial charge on any atom is 0.323 e. The van der Waals surface area contributed by atoms with Gasteiger partial charge in [0.2, 0.25) is 5.88 Å². The van der Waals surface area contributed by atoms with Gasteiger partial charge in [0.05, 0.1) is 17.6 Å². The van der Waals surface area contributed by atoms with Crippen molar-refractivity contribution in [1.29, 1.82) is 0 Å². The number of likely N-dealkylation sites (N-methyl/N-ethyl adjacent to an activating group) is 1. The summed E-state index contributed by atoms with van der Waals surface area (Å²) in [5.74, 6) is 0.0841. The van der Waals surface area contributed by atoms with Crippen molar-refractivity contribution in [2.75, 3.05) is 48.8 Å². The number of aromatic nitrogens is 3. The number of carbonyl (C=O) groups is 1. The lowest BCUT2D eigenvalue weighted by molar-refractivity contribution is 0.262. The molecule has 2 aromatic carbocycles. The number of aromatic amines is 1. The number of benzene rings is 2. The van der Waals surface area contributed by atoms with E-state index in [-0.39, 0.29) is 5.69 Å². The Morgan fingerprint density at radius 1 is 1.03 bits per heavy atom. The van der Waals surface area contributed by atoms with Gasteiger partial charge in [0, 0.05) is 61.4 Å². The average molecular weight is 488 g/mol. The van der Waals surface area contributed by atoms with Crippen LogP contribution in [-0.2, 0) is 0 Å². The number of piperazine rings is 1. The minimum atomic E-state index is -0.580. The lowest BCUT2D eigenvalue weighted by Gasteiger charge is -2.34. The van der Waals surface area contributed by atoms with E-state index >= 15 is 0 Å². The van der Waals surface area contributed by atoms with Crippen molar-refractivity contribution in [1.82, 2.24) is 20.1 Å². The summed E-state index contributed by atoms with van der Waals surface area (Å²) in [4.78, 5) is 21.6. The maximum absolute atomic E-state index is 14.5. The zero-order valence-corrected chi connectivity index (χ0v) is 19.7. The monoisotopic (exact) mass is 487 g/mol. The molecule has 0 radical (unpaired) electrons. The van der Waals surface area contributed by atoms with Gasteiger partial charge in [-0.25, -0.2) is 14.2 Å². The number of carbonyl (C=O) groups excluding carboxylic acids is 1. The van der Waals surface area contributed by atoms with Gasteiger partial charge in [-0.3, -0.25) is 5.10 Å². The molecule has 0 saturated carbocycles. The Morgan fingerprint density at radius 3 is 2.67 bits per heavy atom. The summed E-state index contributed by atoms with van der Waals surface area (Å²) in [7, 11) is 2.10. The van der Waals surface area contributed by atoms with E-state index in [4.69, 9.17) is 4.74 Å². The Morgan fingerprint density at radius 2 is 1.86 bits per heavy atom. The summed E-state index contributed by atoms with van der Waals surface area (Å²) >= 11 is 0. The normalized spacial score (nSPS) is 13.9. The molecule has 184 valence electrons. The van der Waals surface area contributed by atoms with Crippen LogP contribution in [-0.4, -0.2) is 59.3 Å². The smallest absolute Gasteiger partial charge is 0.323 e. The van der Waals surface area contributed by atoms with E-state index in [0.717, 1.165) is 37.4 Å². The molecule has 0 bridgehead atoms. The summed E-state index contributed by atoms with van der Waals surface area (Å²) in [5.41, 5.74) is 3.14. The number of H-pyrrole nitrogens is 1. The standard InChI is InChI=1S/C26H26FN7O2/c1-33-10-12-34(13-11-33)20-5-2-4-19(14-20)30-26(35)32-24-15-21(8-9-22(24)27)36-25-7-3-6-23(31-25)18-16-28-29-17-18/h2-9,14-17H,10-13H2,1H3,(H,28,29)(H2,30,32,35). The van der Waals surface area contributed by atoms with Crippen molar-refractivity contribution in [3.63, 3.8) is 0 Å². The number of rotatable bonds is 6. The van der Waals surface area contributed by atoms with Gasteiger partial charge in [0.1, 0.15) is 11.6 Å². The predicted octanol–water partition coefficient (Wildman–Crippen LogP) is 4.80. The van der Waals surface area contributed by atoms with Crippen molar-refractivity contribution < 1.29 is 13.9 Å². The van der Waals surface area contributed by atoms with Gasteiger partial charge < -0.3 is 25.2 Å². The first-order valence-electron chi connectivity index (χ1n) is 11.6. The SMILES string of the molecule is CN1CCN(c2cccc(NC(=O)Nc3cc(Oc4cccc(-c5cn[nH]c5)n4)ccc3F)c2)CC1. The largest absolute Gasteiger partial charge is 0.439 e. The Hall–Kier alpha value is -4.44. The molecule has 1 fully saturated rings. The van der Waals surface area contributed by atoms with Crippen LogP contribution < -0.4 is 20.3 Å². The highest BCUT2D eigenvalue weighted by atomic mass is 19.1. The fourth-order valence-electron chi connectivity index (χ4n) is 3.94. The number of anilines is 3. The third-order valence-electron chi connectivity index (χ3n) is 5.90. The number of halogens is 1. The number of nitrogens with one attached hydrogen (secondary N) is 3. The number of hydrogen-bond donors (Lipinski definition) is 3. The Bertz CT molecular complexity index is 1340. The molecule has 0 spiro atoms. The van der Waals surface area contributed by atoms with E-state index in [1.165, 1.54) is 18.2 Å². The van der Waals surface area contributed by atoms with E-state index in [1.807, 2.05) is 24.3 Å². The lowest BCUT2D eigenvalue weighted by atomic mass is 10.2. The second-order valence-corrected chi connectivity index (χ2v) is 8.51. The Labute approximate surface area is 207 Å². The Kier molecular flexibility index (Phi) is 6.76. The molecular formula is C26H26FN7O2.